The number of nitrogens with one attached hydrogen (secondary N) is 1. The first-order valence-electron chi connectivity index (χ1n) is 5.72. The van der Waals surface area contributed by atoms with Crippen LogP contribution in [0.15, 0.2) is 6.07 Å². The fraction of sp³-hybridized carbons (Fsp3) is 0.636. The molecule has 0 aromatic carbocycles. The number of carbonyl (C=O) groups excluding carboxylic acids is 1. The van der Waals surface area contributed by atoms with Crippen molar-refractivity contribution in [3.05, 3.63) is 17.5 Å². The number of hydrogen-bond donors (Lipinski definition) is 1. The predicted octanol–water partition coefficient (Wildman–Crippen LogP) is 1.36. The van der Waals surface area contributed by atoms with Crippen LogP contribution < -0.4 is 5.32 Å². The van der Waals surface area contributed by atoms with Gasteiger partial charge in [0.05, 0.1) is 5.69 Å². The van der Waals surface area contributed by atoms with Crippen LogP contribution in [0.2, 0.25) is 0 Å². The SMILES string of the molecule is COCCCNC(=O)Cn1nc(C)cc1C(F)(F)F. The minimum absolute atomic E-state index is 0.222. The Bertz CT molecular complexity index is 429. The number of amides is 1. The Kier molecular flexibility index (Phi) is 5.34. The molecule has 0 spiro atoms. The Hall–Kier alpha value is -1.57. The molecule has 0 aliphatic carbocycles. The molecule has 1 amide bonds. The van der Waals surface area contributed by atoms with Crippen LogP contribution >= 0.6 is 0 Å². The number of halogens is 3. The van der Waals surface area contributed by atoms with Gasteiger partial charge in [0.25, 0.3) is 0 Å². The molecule has 0 unspecified atom stereocenters. The van der Waals surface area contributed by atoms with Gasteiger partial charge in [0.15, 0.2) is 0 Å². The third-order valence-corrected chi connectivity index (χ3v) is 2.33. The largest absolute Gasteiger partial charge is 0.433 e. The fourth-order valence-electron chi connectivity index (χ4n) is 1.53. The van der Waals surface area contributed by atoms with E-state index >= 15 is 0 Å². The van der Waals surface area contributed by atoms with Crippen LogP contribution in [0, 0.1) is 6.92 Å². The maximum Gasteiger partial charge on any atom is 0.433 e. The summed E-state index contributed by atoms with van der Waals surface area (Å²) in [6, 6.07) is 0.915. The lowest BCUT2D eigenvalue weighted by molar-refractivity contribution is -0.144. The van der Waals surface area contributed by atoms with E-state index in [0.29, 0.717) is 24.3 Å². The van der Waals surface area contributed by atoms with E-state index in [1.165, 1.54) is 14.0 Å². The molecule has 0 radical (unpaired) electrons. The summed E-state index contributed by atoms with van der Waals surface area (Å²) in [5.74, 6) is -0.510. The predicted molar refractivity (Wildman–Crippen MR) is 61.5 cm³/mol. The molecule has 0 fully saturated rings. The highest BCUT2D eigenvalue weighted by molar-refractivity contribution is 5.75. The summed E-state index contributed by atoms with van der Waals surface area (Å²) in [4.78, 5) is 11.5. The van der Waals surface area contributed by atoms with Gasteiger partial charge in [-0.1, -0.05) is 0 Å². The lowest BCUT2D eigenvalue weighted by atomic mass is 10.3. The average molecular weight is 279 g/mol. The number of hydrogen-bond acceptors (Lipinski definition) is 3. The van der Waals surface area contributed by atoms with Crippen molar-refractivity contribution in [2.45, 2.75) is 26.1 Å². The zero-order valence-corrected chi connectivity index (χ0v) is 10.8. The third-order valence-electron chi connectivity index (χ3n) is 2.33. The van der Waals surface area contributed by atoms with Gasteiger partial charge in [-0.3, -0.25) is 9.48 Å². The fourth-order valence-corrected chi connectivity index (χ4v) is 1.53. The van der Waals surface area contributed by atoms with E-state index in [0.717, 1.165) is 6.07 Å². The van der Waals surface area contributed by atoms with Gasteiger partial charge in [0.1, 0.15) is 12.2 Å². The standard InChI is InChI=1S/C11H16F3N3O2/c1-8-6-9(11(12,13)14)17(16-8)7-10(18)15-4-3-5-19-2/h6H,3-5,7H2,1-2H3,(H,15,18). The van der Waals surface area contributed by atoms with Gasteiger partial charge in [0.2, 0.25) is 5.91 Å². The highest BCUT2D eigenvalue weighted by atomic mass is 19.4. The van der Waals surface area contributed by atoms with E-state index in [-0.39, 0.29) is 5.69 Å². The molecular formula is C11H16F3N3O2. The molecule has 1 heterocycles. The van der Waals surface area contributed by atoms with Crippen LogP contribution in [-0.2, 0) is 22.3 Å². The molecule has 1 N–H and O–H groups in total. The quantitative estimate of drug-likeness (QED) is 0.800. The van der Waals surface area contributed by atoms with Crippen molar-refractivity contribution in [3.63, 3.8) is 0 Å². The minimum Gasteiger partial charge on any atom is -0.385 e. The van der Waals surface area contributed by atoms with Crippen LogP contribution in [0.25, 0.3) is 0 Å². The highest BCUT2D eigenvalue weighted by Crippen LogP contribution is 2.29. The van der Waals surface area contributed by atoms with Gasteiger partial charge in [-0.2, -0.15) is 18.3 Å². The Balaban J connectivity index is 2.59. The number of alkyl halides is 3. The zero-order valence-electron chi connectivity index (χ0n) is 10.8. The van der Waals surface area contributed by atoms with Gasteiger partial charge in [-0.05, 0) is 19.4 Å². The van der Waals surface area contributed by atoms with E-state index in [4.69, 9.17) is 4.74 Å². The second-order valence-corrected chi connectivity index (χ2v) is 4.02. The average Bonchev–Trinajstić information content (AvgIpc) is 2.65. The summed E-state index contributed by atoms with van der Waals surface area (Å²) in [5, 5.41) is 6.18. The van der Waals surface area contributed by atoms with Gasteiger partial charge < -0.3 is 10.1 Å². The summed E-state index contributed by atoms with van der Waals surface area (Å²) in [6.07, 6.45) is -3.91. The molecule has 1 aromatic heterocycles. The first-order valence-corrected chi connectivity index (χ1v) is 5.72. The molecule has 1 rings (SSSR count). The minimum atomic E-state index is -4.52. The van der Waals surface area contributed by atoms with Crippen molar-refractivity contribution in [1.82, 2.24) is 15.1 Å². The number of rotatable bonds is 6. The topological polar surface area (TPSA) is 56.1 Å². The Morgan fingerprint density at radius 1 is 1.53 bits per heavy atom. The lowest BCUT2D eigenvalue weighted by Gasteiger charge is -2.10. The van der Waals surface area contributed by atoms with Crippen molar-refractivity contribution < 1.29 is 22.7 Å². The van der Waals surface area contributed by atoms with E-state index in [1.54, 1.807) is 0 Å². The second kappa shape index (κ2) is 6.55. The lowest BCUT2D eigenvalue weighted by Crippen LogP contribution is -2.30. The summed E-state index contributed by atoms with van der Waals surface area (Å²) < 4.78 is 43.4. The van der Waals surface area contributed by atoms with E-state index in [9.17, 15) is 18.0 Å². The van der Waals surface area contributed by atoms with Crippen molar-refractivity contribution in [3.8, 4) is 0 Å². The van der Waals surface area contributed by atoms with Gasteiger partial charge in [-0.25, -0.2) is 0 Å². The van der Waals surface area contributed by atoms with Crippen molar-refractivity contribution in [1.29, 1.82) is 0 Å². The van der Waals surface area contributed by atoms with Gasteiger partial charge in [0, 0.05) is 20.3 Å². The first-order chi connectivity index (χ1) is 8.84. The maximum atomic E-state index is 12.7. The maximum absolute atomic E-state index is 12.7. The number of aryl methyl sites for hydroxylation is 1. The molecule has 0 aliphatic heterocycles. The summed E-state index contributed by atoms with van der Waals surface area (Å²) in [7, 11) is 1.53. The summed E-state index contributed by atoms with van der Waals surface area (Å²) in [6.45, 7) is 1.83. The number of carbonyl (C=O) groups is 1. The number of methoxy groups -OCH3 is 1. The van der Waals surface area contributed by atoms with Crippen LogP contribution in [0.4, 0.5) is 13.2 Å². The number of ether oxygens (including phenoxy) is 1. The highest BCUT2D eigenvalue weighted by Gasteiger charge is 2.35. The molecule has 5 nitrogen and oxygen atoms in total. The van der Waals surface area contributed by atoms with Crippen molar-refractivity contribution >= 4 is 5.91 Å². The Morgan fingerprint density at radius 3 is 2.79 bits per heavy atom. The zero-order chi connectivity index (χ0) is 14.5. The van der Waals surface area contributed by atoms with Crippen molar-refractivity contribution in [2.75, 3.05) is 20.3 Å². The number of nitrogens with zero attached hydrogens (tertiary/aromatic N) is 2. The molecule has 8 heteroatoms. The molecule has 19 heavy (non-hydrogen) atoms. The van der Waals surface area contributed by atoms with Crippen LogP contribution in [0.5, 0.6) is 0 Å². The van der Waals surface area contributed by atoms with Crippen LogP contribution in [0.1, 0.15) is 17.8 Å². The van der Waals surface area contributed by atoms with Crippen LogP contribution in [-0.4, -0.2) is 35.9 Å². The monoisotopic (exact) mass is 279 g/mol. The molecular weight excluding hydrogens is 263 g/mol. The molecule has 0 atom stereocenters. The van der Waals surface area contributed by atoms with Gasteiger partial charge in [-0.15, -0.1) is 0 Å². The Morgan fingerprint density at radius 2 is 2.21 bits per heavy atom. The van der Waals surface area contributed by atoms with E-state index in [1.807, 2.05) is 0 Å². The molecule has 0 bridgehead atoms. The second-order valence-electron chi connectivity index (χ2n) is 4.02. The summed E-state index contributed by atoms with van der Waals surface area (Å²) in [5.41, 5.74) is -0.698. The van der Waals surface area contributed by atoms with Crippen molar-refractivity contribution in [2.24, 2.45) is 0 Å². The van der Waals surface area contributed by atoms with E-state index in [2.05, 4.69) is 10.4 Å². The molecule has 0 aliphatic rings. The molecule has 0 saturated carbocycles. The molecule has 108 valence electrons. The van der Waals surface area contributed by atoms with E-state index < -0.39 is 24.3 Å². The Labute approximate surface area is 108 Å². The van der Waals surface area contributed by atoms with Crippen LogP contribution in [0.3, 0.4) is 0 Å². The smallest absolute Gasteiger partial charge is 0.385 e. The first kappa shape index (κ1) is 15.5. The molecule has 1 aromatic rings. The molecule has 0 saturated heterocycles. The number of aromatic nitrogens is 2. The summed E-state index contributed by atoms with van der Waals surface area (Å²) >= 11 is 0. The van der Waals surface area contributed by atoms with Gasteiger partial charge >= 0.3 is 6.18 Å². The third kappa shape index (κ3) is 4.90. The normalized spacial score (nSPS) is 11.6.